The zero-order valence-electron chi connectivity index (χ0n) is 10.9. The third-order valence-corrected chi connectivity index (χ3v) is 3.06. The predicted octanol–water partition coefficient (Wildman–Crippen LogP) is 3.88. The topological polar surface area (TPSA) is 47.0 Å². The summed E-state index contributed by atoms with van der Waals surface area (Å²) in [6, 6.07) is 4.31. The highest BCUT2D eigenvalue weighted by atomic mass is 79.9. The number of rotatable bonds is 4. The molecule has 0 bridgehead atoms. The smallest absolute Gasteiger partial charge is 0.419 e. The van der Waals surface area contributed by atoms with E-state index in [4.69, 9.17) is 4.74 Å². The lowest BCUT2D eigenvalue weighted by atomic mass is 10.2. The molecule has 2 aromatic rings. The van der Waals surface area contributed by atoms with Crippen LogP contribution in [-0.4, -0.2) is 17.1 Å². The molecule has 0 unspecified atom stereocenters. The van der Waals surface area contributed by atoms with Gasteiger partial charge in [-0.15, -0.1) is 0 Å². The second-order valence-electron chi connectivity index (χ2n) is 4.11. The first kappa shape index (κ1) is 15.6. The van der Waals surface area contributed by atoms with Gasteiger partial charge in [-0.2, -0.15) is 13.2 Å². The first-order valence-electron chi connectivity index (χ1n) is 5.85. The third kappa shape index (κ3) is 4.07. The van der Waals surface area contributed by atoms with Crippen molar-refractivity contribution in [2.24, 2.45) is 0 Å². The SMILES string of the molecule is COc1cc(CNc2ncc(Br)cc2C(F)(F)F)ccn1. The molecule has 2 rings (SSSR count). The number of hydrogen-bond donors (Lipinski definition) is 1. The highest BCUT2D eigenvalue weighted by Gasteiger charge is 2.34. The van der Waals surface area contributed by atoms with Crippen molar-refractivity contribution < 1.29 is 17.9 Å². The number of pyridine rings is 2. The highest BCUT2D eigenvalue weighted by molar-refractivity contribution is 9.10. The van der Waals surface area contributed by atoms with Gasteiger partial charge in [-0.3, -0.25) is 0 Å². The van der Waals surface area contributed by atoms with Gasteiger partial charge in [0.15, 0.2) is 0 Å². The van der Waals surface area contributed by atoms with Crippen molar-refractivity contribution in [2.45, 2.75) is 12.7 Å². The number of halogens is 4. The highest BCUT2D eigenvalue weighted by Crippen LogP contribution is 2.35. The molecule has 1 N–H and O–H groups in total. The van der Waals surface area contributed by atoms with E-state index in [0.717, 1.165) is 11.6 Å². The van der Waals surface area contributed by atoms with Gasteiger partial charge in [-0.1, -0.05) is 0 Å². The van der Waals surface area contributed by atoms with Gasteiger partial charge in [0.2, 0.25) is 5.88 Å². The van der Waals surface area contributed by atoms with Crippen molar-refractivity contribution in [1.29, 1.82) is 0 Å². The molecule has 0 aliphatic carbocycles. The summed E-state index contributed by atoms with van der Waals surface area (Å²) in [4.78, 5) is 7.71. The van der Waals surface area contributed by atoms with E-state index >= 15 is 0 Å². The summed E-state index contributed by atoms with van der Waals surface area (Å²) in [6.45, 7) is 0.177. The first-order valence-corrected chi connectivity index (χ1v) is 6.65. The normalized spacial score (nSPS) is 11.3. The van der Waals surface area contributed by atoms with Gasteiger partial charge in [0, 0.05) is 29.5 Å². The zero-order valence-corrected chi connectivity index (χ0v) is 12.5. The minimum atomic E-state index is -4.48. The van der Waals surface area contributed by atoms with Gasteiger partial charge in [0.1, 0.15) is 5.82 Å². The lowest BCUT2D eigenvalue weighted by molar-refractivity contribution is -0.137. The fraction of sp³-hybridized carbons (Fsp3) is 0.231. The summed E-state index contributed by atoms with van der Waals surface area (Å²) in [6.07, 6.45) is -1.64. The van der Waals surface area contributed by atoms with E-state index in [0.29, 0.717) is 5.88 Å². The largest absolute Gasteiger partial charge is 0.481 e. The summed E-state index contributed by atoms with van der Waals surface area (Å²) in [5.74, 6) is 0.176. The van der Waals surface area contributed by atoms with Crippen LogP contribution < -0.4 is 10.1 Å². The van der Waals surface area contributed by atoms with Crippen LogP contribution in [0, 0.1) is 0 Å². The van der Waals surface area contributed by atoms with Crippen LogP contribution in [0.2, 0.25) is 0 Å². The maximum Gasteiger partial charge on any atom is 0.419 e. The molecular weight excluding hydrogens is 351 g/mol. The Morgan fingerprint density at radius 1 is 1.29 bits per heavy atom. The Morgan fingerprint density at radius 3 is 2.71 bits per heavy atom. The second-order valence-corrected chi connectivity index (χ2v) is 5.02. The van der Waals surface area contributed by atoms with Crippen LogP contribution in [0.15, 0.2) is 35.1 Å². The molecule has 4 nitrogen and oxygen atoms in total. The van der Waals surface area contributed by atoms with E-state index < -0.39 is 11.7 Å². The molecule has 0 aliphatic heterocycles. The number of alkyl halides is 3. The van der Waals surface area contributed by atoms with Crippen LogP contribution in [0.1, 0.15) is 11.1 Å². The van der Waals surface area contributed by atoms with Crippen LogP contribution in [0.25, 0.3) is 0 Å². The summed E-state index contributed by atoms with van der Waals surface area (Å²) in [5, 5.41) is 2.68. The summed E-state index contributed by atoms with van der Waals surface area (Å²) in [5.41, 5.74) is -0.0856. The molecule has 0 saturated heterocycles. The number of ether oxygens (including phenoxy) is 1. The van der Waals surface area contributed by atoms with E-state index in [1.807, 2.05) is 0 Å². The van der Waals surface area contributed by atoms with E-state index in [1.54, 1.807) is 12.1 Å². The monoisotopic (exact) mass is 361 g/mol. The molecule has 0 saturated carbocycles. The summed E-state index contributed by atoms with van der Waals surface area (Å²) >= 11 is 2.99. The Bertz CT molecular complexity index is 634. The zero-order chi connectivity index (χ0) is 15.5. The molecule has 0 aliphatic rings. The van der Waals surface area contributed by atoms with Crippen LogP contribution >= 0.6 is 15.9 Å². The Hall–Kier alpha value is -1.83. The van der Waals surface area contributed by atoms with Crippen molar-refractivity contribution in [3.8, 4) is 5.88 Å². The Labute approximate surface area is 127 Å². The average molecular weight is 362 g/mol. The van der Waals surface area contributed by atoms with Gasteiger partial charge in [-0.05, 0) is 33.6 Å². The molecule has 8 heteroatoms. The second kappa shape index (κ2) is 6.30. The van der Waals surface area contributed by atoms with Crippen LogP contribution in [-0.2, 0) is 12.7 Å². The van der Waals surface area contributed by atoms with Crippen LogP contribution in [0.3, 0.4) is 0 Å². The maximum atomic E-state index is 12.9. The van der Waals surface area contributed by atoms with E-state index in [2.05, 4.69) is 31.2 Å². The Balaban J connectivity index is 2.20. The number of nitrogens with one attached hydrogen (secondary N) is 1. The molecule has 21 heavy (non-hydrogen) atoms. The standard InChI is InChI=1S/C13H11BrF3N3O/c1-21-11-4-8(2-3-18-11)6-19-12-10(13(15,16)17)5-9(14)7-20-12/h2-5,7H,6H2,1H3,(H,19,20). The van der Waals surface area contributed by atoms with E-state index in [9.17, 15) is 13.2 Å². The van der Waals surface area contributed by atoms with Gasteiger partial charge in [0.05, 0.1) is 12.7 Å². The van der Waals surface area contributed by atoms with E-state index in [-0.39, 0.29) is 16.8 Å². The minimum absolute atomic E-state index is 0.177. The molecule has 112 valence electrons. The van der Waals surface area contributed by atoms with Crippen molar-refractivity contribution in [3.63, 3.8) is 0 Å². The van der Waals surface area contributed by atoms with E-state index in [1.165, 1.54) is 19.5 Å². The van der Waals surface area contributed by atoms with Crippen LogP contribution in [0.5, 0.6) is 5.88 Å². The average Bonchev–Trinajstić information content (AvgIpc) is 2.45. The Morgan fingerprint density at radius 2 is 2.05 bits per heavy atom. The van der Waals surface area contributed by atoms with Gasteiger partial charge >= 0.3 is 6.18 Å². The molecular formula is C13H11BrF3N3O. The molecule has 2 aromatic heterocycles. The summed E-state index contributed by atoms with van der Waals surface area (Å²) in [7, 11) is 1.47. The lowest BCUT2D eigenvalue weighted by Crippen LogP contribution is -2.12. The van der Waals surface area contributed by atoms with Crippen molar-refractivity contribution in [3.05, 3.63) is 46.2 Å². The maximum absolute atomic E-state index is 12.9. The van der Waals surface area contributed by atoms with Gasteiger partial charge in [-0.25, -0.2) is 9.97 Å². The fourth-order valence-electron chi connectivity index (χ4n) is 1.65. The summed E-state index contributed by atoms with van der Waals surface area (Å²) < 4.78 is 44.1. The molecule has 0 atom stereocenters. The number of methoxy groups -OCH3 is 1. The number of nitrogens with zero attached hydrogens (tertiary/aromatic N) is 2. The molecule has 0 spiro atoms. The predicted molar refractivity (Wildman–Crippen MR) is 75.1 cm³/mol. The molecule has 0 amide bonds. The first-order chi connectivity index (χ1) is 9.90. The molecule has 0 aromatic carbocycles. The van der Waals surface area contributed by atoms with Crippen molar-refractivity contribution >= 4 is 21.7 Å². The third-order valence-electron chi connectivity index (χ3n) is 2.63. The quantitative estimate of drug-likeness (QED) is 0.897. The lowest BCUT2D eigenvalue weighted by Gasteiger charge is -2.14. The number of hydrogen-bond acceptors (Lipinski definition) is 4. The van der Waals surface area contributed by atoms with Gasteiger partial charge in [0.25, 0.3) is 0 Å². The van der Waals surface area contributed by atoms with Gasteiger partial charge < -0.3 is 10.1 Å². The number of anilines is 1. The van der Waals surface area contributed by atoms with Crippen molar-refractivity contribution in [1.82, 2.24) is 9.97 Å². The molecule has 2 heterocycles. The molecule has 0 fully saturated rings. The Kier molecular flexibility index (Phi) is 4.66. The van der Waals surface area contributed by atoms with Crippen molar-refractivity contribution in [2.75, 3.05) is 12.4 Å². The fourth-order valence-corrected chi connectivity index (χ4v) is 1.99. The minimum Gasteiger partial charge on any atom is -0.481 e. The molecule has 0 radical (unpaired) electrons. The number of aromatic nitrogens is 2. The van der Waals surface area contributed by atoms with Crippen LogP contribution in [0.4, 0.5) is 19.0 Å².